The monoisotopic (exact) mass is 419 g/mol. The van der Waals surface area contributed by atoms with E-state index in [9.17, 15) is 24.1 Å². The van der Waals surface area contributed by atoms with Crippen molar-refractivity contribution >= 4 is 29.3 Å². The summed E-state index contributed by atoms with van der Waals surface area (Å²) < 4.78 is 18.4. The highest BCUT2D eigenvalue weighted by Gasteiger charge is 2.21. The van der Waals surface area contributed by atoms with E-state index in [1.54, 1.807) is 0 Å². The van der Waals surface area contributed by atoms with Crippen LogP contribution in [0.4, 0.5) is 10.1 Å². The number of hydrogen-bond donors (Lipinski definition) is 2. The first-order chi connectivity index (χ1) is 13.9. The number of carbonyl (C=O) groups excluding carboxylic acids is 2. The molecule has 1 fully saturated rings. The average molecular weight is 419 g/mol. The fraction of sp³-hybridized carbons (Fsp3) is 0.263. The summed E-state index contributed by atoms with van der Waals surface area (Å²) >= 11 is 1.31. The van der Waals surface area contributed by atoms with Crippen molar-refractivity contribution in [3.63, 3.8) is 0 Å². The van der Waals surface area contributed by atoms with Gasteiger partial charge in [0.25, 0.3) is 17.5 Å². The van der Waals surface area contributed by atoms with Gasteiger partial charge in [0.05, 0.1) is 15.9 Å². The van der Waals surface area contributed by atoms with Gasteiger partial charge in [-0.05, 0) is 49.2 Å². The molecule has 0 unspecified atom stereocenters. The van der Waals surface area contributed by atoms with Gasteiger partial charge in [0.1, 0.15) is 5.82 Å². The Morgan fingerprint density at radius 3 is 2.41 bits per heavy atom. The number of nitro groups is 1. The number of amides is 2. The zero-order chi connectivity index (χ0) is 20.8. The van der Waals surface area contributed by atoms with E-state index in [1.807, 2.05) is 0 Å². The van der Waals surface area contributed by atoms with Crippen molar-refractivity contribution in [3.8, 4) is 0 Å². The molecule has 0 radical (unpaired) electrons. The number of nitrogens with one attached hydrogen (secondary N) is 2. The Kier molecular flexibility index (Phi) is 6.78. The fourth-order valence-electron chi connectivity index (χ4n) is 2.74. The molecule has 1 aliphatic rings. The minimum Gasteiger partial charge on any atom is -0.377 e. The van der Waals surface area contributed by atoms with Gasteiger partial charge in [0.15, 0.2) is 0 Å². The second kappa shape index (κ2) is 9.48. The predicted molar refractivity (Wildman–Crippen MR) is 104 cm³/mol. The summed E-state index contributed by atoms with van der Waals surface area (Å²) in [6.45, 7) is 0.704. The highest BCUT2D eigenvalue weighted by atomic mass is 32.2. The van der Waals surface area contributed by atoms with Gasteiger partial charge in [0.2, 0.25) is 0 Å². The Morgan fingerprint density at radius 2 is 1.79 bits per heavy atom. The van der Waals surface area contributed by atoms with E-state index in [4.69, 9.17) is 4.74 Å². The van der Waals surface area contributed by atoms with Gasteiger partial charge in [-0.2, -0.15) is 0 Å². The minimum atomic E-state index is -0.709. The van der Waals surface area contributed by atoms with E-state index in [-0.39, 0.29) is 22.9 Å². The molecule has 2 N–H and O–H groups in total. The summed E-state index contributed by atoms with van der Waals surface area (Å²) in [7, 11) is 0. The number of benzene rings is 2. The smallest absolute Gasteiger partial charge is 0.283 e. The van der Waals surface area contributed by atoms with Crippen molar-refractivity contribution in [2.24, 2.45) is 0 Å². The molecule has 10 heteroatoms. The topological polar surface area (TPSA) is 111 Å². The lowest BCUT2D eigenvalue weighted by Gasteiger charge is -2.10. The van der Waals surface area contributed by atoms with Crippen LogP contribution in [0.25, 0.3) is 0 Å². The number of ether oxygens (including phenoxy) is 1. The lowest BCUT2D eigenvalue weighted by molar-refractivity contribution is -0.387. The van der Waals surface area contributed by atoms with Crippen molar-refractivity contribution in [2.45, 2.75) is 23.8 Å². The molecule has 8 nitrogen and oxygen atoms in total. The number of nitro benzene ring substituents is 1. The number of carbonyl (C=O) groups is 2. The predicted octanol–water partition coefficient (Wildman–Crippen LogP) is 3.08. The molecule has 0 saturated carbocycles. The van der Waals surface area contributed by atoms with E-state index in [2.05, 4.69) is 10.9 Å². The number of nitrogens with zero attached hydrogens (tertiary/aromatic N) is 1. The van der Waals surface area contributed by atoms with Crippen LogP contribution in [-0.4, -0.2) is 35.2 Å². The van der Waals surface area contributed by atoms with Crippen molar-refractivity contribution < 1.29 is 23.6 Å². The third kappa shape index (κ3) is 5.52. The third-order valence-electron chi connectivity index (χ3n) is 4.26. The maximum atomic E-state index is 12.9. The second-order valence-electron chi connectivity index (χ2n) is 6.30. The number of thioether (sulfide) groups is 1. The summed E-state index contributed by atoms with van der Waals surface area (Å²) in [6, 6.07) is 8.89. The Morgan fingerprint density at radius 1 is 1.14 bits per heavy atom. The van der Waals surface area contributed by atoms with Crippen molar-refractivity contribution in [3.05, 3.63) is 69.5 Å². The molecule has 2 amide bonds. The van der Waals surface area contributed by atoms with Crippen LogP contribution < -0.4 is 10.9 Å². The van der Waals surface area contributed by atoms with Crippen LogP contribution in [-0.2, 0) is 4.74 Å². The molecule has 2 aromatic carbocycles. The van der Waals surface area contributed by atoms with E-state index in [0.717, 1.165) is 31.0 Å². The SMILES string of the molecule is O=C(NNC(=O)c1ccc(SC[C@@H]2CCCO2)c([N+](=O)[O-])c1)c1ccc(F)cc1. The van der Waals surface area contributed by atoms with Crippen molar-refractivity contribution in [1.82, 2.24) is 10.9 Å². The molecular formula is C19H18FN3O5S. The van der Waals surface area contributed by atoms with Crippen LogP contribution >= 0.6 is 11.8 Å². The minimum absolute atomic E-state index is 0.0255. The van der Waals surface area contributed by atoms with E-state index in [0.29, 0.717) is 17.3 Å². The molecule has 1 saturated heterocycles. The molecule has 152 valence electrons. The molecule has 1 atom stereocenters. The van der Waals surface area contributed by atoms with Crippen LogP contribution in [0.5, 0.6) is 0 Å². The van der Waals surface area contributed by atoms with E-state index >= 15 is 0 Å². The highest BCUT2D eigenvalue weighted by Crippen LogP contribution is 2.32. The van der Waals surface area contributed by atoms with E-state index in [1.165, 1.54) is 36.0 Å². The second-order valence-corrected chi connectivity index (χ2v) is 7.36. The van der Waals surface area contributed by atoms with Crippen molar-refractivity contribution in [2.75, 3.05) is 12.4 Å². The zero-order valence-electron chi connectivity index (χ0n) is 15.2. The maximum absolute atomic E-state index is 12.9. The molecule has 0 aromatic heterocycles. The van der Waals surface area contributed by atoms with Gasteiger partial charge < -0.3 is 4.74 Å². The van der Waals surface area contributed by atoms with Gasteiger partial charge in [-0.1, -0.05) is 0 Å². The van der Waals surface area contributed by atoms with E-state index < -0.39 is 22.6 Å². The van der Waals surface area contributed by atoms with Gasteiger partial charge in [-0.25, -0.2) is 4.39 Å². The van der Waals surface area contributed by atoms with Crippen LogP contribution in [0.3, 0.4) is 0 Å². The van der Waals surface area contributed by atoms with Gasteiger partial charge in [0, 0.05) is 29.6 Å². The summed E-state index contributed by atoms with van der Waals surface area (Å²) in [5.41, 5.74) is 4.37. The summed E-state index contributed by atoms with van der Waals surface area (Å²) in [5, 5.41) is 11.4. The number of hydrazine groups is 1. The Balaban J connectivity index is 1.63. The Hall–Kier alpha value is -2.98. The fourth-order valence-corrected chi connectivity index (χ4v) is 3.81. The largest absolute Gasteiger partial charge is 0.377 e. The van der Waals surface area contributed by atoms with Crippen LogP contribution in [0, 0.1) is 15.9 Å². The standard InChI is InChI=1S/C19H18FN3O5S/c20-14-6-3-12(4-7-14)18(24)21-22-19(25)13-5-8-17(16(10-13)23(26)27)29-11-15-2-1-9-28-15/h3-8,10,15H,1-2,9,11H2,(H,21,24)(H,22,25)/t15-/m0/s1. The van der Waals surface area contributed by atoms with Crippen molar-refractivity contribution in [1.29, 1.82) is 0 Å². The van der Waals surface area contributed by atoms with Gasteiger partial charge >= 0.3 is 0 Å². The number of hydrogen-bond acceptors (Lipinski definition) is 6. The lowest BCUT2D eigenvalue weighted by atomic mass is 10.2. The Bertz CT molecular complexity index is 917. The quantitative estimate of drug-likeness (QED) is 0.423. The third-order valence-corrected chi connectivity index (χ3v) is 5.46. The molecule has 1 heterocycles. The molecule has 0 aliphatic carbocycles. The summed E-state index contributed by atoms with van der Waals surface area (Å²) in [5.74, 6) is -1.24. The number of rotatable bonds is 6. The molecule has 29 heavy (non-hydrogen) atoms. The van der Waals surface area contributed by atoms with Crippen LogP contribution in [0.1, 0.15) is 33.6 Å². The molecule has 0 bridgehead atoms. The summed E-state index contributed by atoms with van der Waals surface area (Å²) in [4.78, 5) is 35.5. The number of halogens is 1. The molecule has 1 aliphatic heterocycles. The van der Waals surface area contributed by atoms with Crippen LogP contribution in [0.2, 0.25) is 0 Å². The first-order valence-corrected chi connectivity index (χ1v) is 9.81. The van der Waals surface area contributed by atoms with Gasteiger partial charge in [-0.3, -0.25) is 30.6 Å². The molecule has 3 rings (SSSR count). The average Bonchev–Trinajstić information content (AvgIpc) is 3.24. The first kappa shape index (κ1) is 20.7. The highest BCUT2D eigenvalue weighted by molar-refractivity contribution is 7.99. The first-order valence-electron chi connectivity index (χ1n) is 8.83. The molecular weight excluding hydrogens is 401 g/mol. The Labute approximate surface area is 169 Å². The zero-order valence-corrected chi connectivity index (χ0v) is 16.0. The molecule has 2 aromatic rings. The van der Waals surface area contributed by atoms with Crippen LogP contribution in [0.15, 0.2) is 47.4 Å². The summed E-state index contributed by atoms with van der Waals surface area (Å²) in [6.07, 6.45) is 1.98. The lowest BCUT2D eigenvalue weighted by Crippen LogP contribution is -2.41. The normalized spacial score (nSPS) is 15.7. The maximum Gasteiger partial charge on any atom is 0.283 e. The molecule has 0 spiro atoms. The van der Waals surface area contributed by atoms with Gasteiger partial charge in [-0.15, -0.1) is 11.8 Å².